The van der Waals surface area contributed by atoms with Gasteiger partial charge < -0.3 is 10.5 Å². The Balaban J connectivity index is 2.24. The number of nitrogens with two attached hydrogens (primary N) is 1. The van der Waals surface area contributed by atoms with Crippen molar-refractivity contribution in [2.24, 2.45) is 5.73 Å². The predicted octanol–water partition coefficient (Wildman–Crippen LogP) is 3.17. The van der Waals surface area contributed by atoms with E-state index in [1.807, 2.05) is 13.0 Å². The van der Waals surface area contributed by atoms with Crippen molar-refractivity contribution in [2.45, 2.75) is 44.2 Å². The van der Waals surface area contributed by atoms with E-state index in [0.29, 0.717) is 6.61 Å². The average molecular weight is 237 g/mol. The van der Waals surface area contributed by atoms with Crippen molar-refractivity contribution in [3.05, 3.63) is 35.6 Å². The Hall–Kier alpha value is -0.930. The van der Waals surface area contributed by atoms with Gasteiger partial charge >= 0.3 is 0 Å². The number of hydrogen-bond donors (Lipinski definition) is 1. The lowest BCUT2D eigenvalue weighted by Gasteiger charge is -2.35. The maximum atomic E-state index is 13.2. The Labute approximate surface area is 102 Å². The summed E-state index contributed by atoms with van der Waals surface area (Å²) < 4.78 is 19.1. The third-order valence-corrected chi connectivity index (χ3v) is 3.66. The summed E-state index contributed by atoms with van der Waals surface area (Å²) in [6.45, 7) is 2.64. The molecule has 2 N–H and O–H groups in total. The first kappa shape index (κ1) is 12.5. The topological polar surface area (TPSA) is 35.2 Å². The standard InChI is InChI=1S/C14H20FNO/c1-2-17-14(8-3-4-9-14)13(16)11-6-5-7-12(15)10-11/h5-7,10,13H,2-4,8-9,16H2,1H3. The molecule has 0 saturated heterocycles. The maximum Gasteiger partial charge on any atom is 0.123 e. The third kappa shape index (κ3) is 2.50. The molecule has 1 aliphatic carbocycles. The van der Waals surface area contributed by atoms with Gasteiger partial charge in [0.15, 0.2) is 0 Å². The second-order valence-electron chi connectivity index (χ2n) is 4.74. The van der Waals surface area contributed by atoms with Crippen molar-refractivity contribution in [1.82, 2.24) is 0 Å². The molecule has 1 aliphatic rings. The van der Waals surface area contributed by atoms with Crippen molar-refractivity contribution < 1.29 is 9.13 Å². The van der Waals surface area contributed by atoms with Gasteiger partial charge in [-0.15, -0.1) is 0 Å². The highest BCUT2D eigenvalue weighted by Gasteiger charge is 2.41. The Morgan fingerprint density at radius 3 is 2.71 bits per heavy atom. The molecule has 0 heterocycles. The molecule has 0 radical (unpaired) electrons. The summed E-state index contributed by atoms with van der Waals surface area (Å²) in [6.07, 6.45) is 4.23. The zero-order chi connectivity index (χ0) is 12.3. The predicted molar refractivity (Wildman–Crippen MR) is 66.2 cm³/mol. The zero-order valence-electron chi connectivity index (χ0n) is 10.3. The van der Waals surface area contributed by atoms with Crippen LogP contribution in [0.25, 0.3) is 0 Å². The molecule has 17 heavy (non-hydrogen) atoms. The molecule has 1 unspecified atom stereocenters. The highest BCUT2D eigenvalue weighted by atomic mass is 19.1. The average Bonchev–Trinajstić information content (AvgIpc) is 2.78. The van der Waals surface area contributed by atoms with E-state index in [1.54, 1.807) is 6.07 Å². The molecule has 0 bridgehead atoms. The van der Waals surface area contributed by atoms with Gasteiger partial charge in [-0.3, -0.25) is 0 Å². The Kier molecular flexibility index (Phi) is 3.79. The molecule has 0 aliphatic heterocycles. The number of halogens is 1. The van der Waals surface area contributed by atoms with Crippen LogP contribution in [-0.4, -0.2) is 12.2 Å². The lowest BCUT2D eigenvalue weighted by molar-refractivity contribution is -0.0536. The van der Waals surface area contributed by atoms with Gasteiger partial charge in [0, 0.05) is 6.61 Å². The van der Waals surface area contributed by atoms with Gasteiger partial charge in [0.2, 0.25) is 0 Å². The molecular formula is C14H20FNO. The highest BCUT2D eigenvalue weighted by molar-refractivity contribution is 5.23. The lowest BCUT2D eigenvalue weighted by atomic mass is 9.87. The SMILES string of the molecule is CCOC1(C(N)c2cccc(F)c2)CCCC1. The van der Waals surface area contributed by atoms with Crippen molar-refractivity contribution in [3.63, 3.8) is 0 Å². The summed E-state index contributed by atoms with van der Waals surface area (Å²) in [7, 11) is 0. The first-order chi connectivity index (χ1) is 8.18. The molecule has 2 rings (SSSR count). The normalized spacial score (nSPS) is 20.4. The molecule has 1 fully saturated rings. The van der Waals surface area contributed by atoms with Gasteiger partial charge in [-0.1, -0.05) is 25.0 Å². The summed E-state index contributed by atoms with van der Waals surface area (Å²) in [4.78, 5) is 0. The molecule has 94 valence electrons. The van der Waals surface area contributed by atoms with E-state index in [1.165, 1.54) is 12.1 Å². The van der Waals surface area contributed by atoms with Crippen LogP contribution in [0, 0.1) is 5.82 Å². The van der Waals surface area contributed by atoms with Crippen LogP contribution in [0.3, 0.4) is 0 Å². The van der Waals surface area contributed by atoms with E-state index in [4.69, 9.17) is 10.5 Å². The summed E-state index contributed by atoms with van der Waals surface area (Å²) in [6, 6.07) is 6.31. The summed E-state index contributed by atoms with van der Waals surface area (Å²) in [5.41, 5.74) is 6.84. The minimum Gasteiger partial charge on any atom is -0.373 e. The van der Waals surface area contributed by atoms with Gasteiger partial charge in [0.1, 0.15) is 5.82 Å². The number of rotatable bonds is 4. The minimum absolute atomic E-state index is 0.234. The Morgan fingerprint density at radius 2 is 2.12 bits per heavy atom. The van der Waals surface area contributed by atoms with E-state index < -0.39 is 0 Å². The van der Waals surface area contributed by atoms with Crippen molar-refractivity contribution >= 4 is 0 Å². The molecular weight excluding hydrogens is 217 g/mol. The second-order valence-corrected chi connectivity index (χ2v) is 4.74. The highest BCUT2D eigenvalue weighted by Crippen LogP contribution is 2.41. The van der Waals surface area contributed by atoms with E-state index in [2.05, 4.69) is 0 Å². The van der Waals surface area contributed by atoms with Crippen LogP contribution in [-0.2, 0) is 4.74 Å². The molecule has 0 spiro atoms. The minimum atomic E-state index is -0.289. The van der Waals surface area contributed by atoms with Crippen molar-refractivity contribution in [3.8, 4) is 0 Å². The van der Waals surface area contributed by atoms with Crippen LogP contribution in [0.5, 0.6) is 0 Å². The van der Waals surface area contributed by atoms with Crippen molar-refractivity contribution in [1.29, 1.82) is 0 Å². The summed E-state index contributed by atoms with van der Waals surface area (Å²) in [5.74, 6) is -0.234. The van der Waals surface area contributed by atoms with Gasteiger partial charge in [-0.05, 0) is 37.5 Å². The van der Waals surface area contributed by atoms with E-state index in [9.17, 15) is 4.39 Å². The van der Waals surface area contributed by atoms with Crippen LogP contribution < -0.4 is 5.73 Å². The molecule has 1 saturated carbocycles. The van der Waals surface area contributed by atoms with Gasteiger partial charge in [-0.2, -0.15) is 0 Å². The number of ether oxygens (including phenoxy) is 1. The zero-order valence-corrected chi connectivity index (χ0v) is 10.3. The van der Waals surface area contributed by atoms with Gasteiger partial charge in [-0.25, -0.2) is 4.39 Å². The van der Waals surface area contributed by atoms with Crippen LogP contribution in [0.2, 0.25) is 0 Å². The smallest absolute Gasteiger partial charge is 0.123 e. The van der Waals surface area contributed by atoms with Gasteiger partial charge in [0.25, 0.3) is 0 Å². The summed E-state index contributed by atoms with van der Waals surface area (Å²) >= 11 is 0. The monoisotopic (exact) mass is 237 g/mol. The first-order valence-electron chi connectivity index (χ1n) is 6.33. The number of benzene rings is 1. The quantitative estimate of drug-likeness (QED) is 0.873. The lowest BCUT2D eigenvalue weighted by Crippen LogP contribution is -2.41. The molecule has 0 aromatic heterocycles. The molecule has 3 heteroatoms. The van der Waals surface area contributed by atoms with E-state index in [-0.39, 0.29) is 17.5 Å². The molecule has 1 aromatic carbocycles. The Bertz CT molecular complexity index is 374. The fourth-order valence-corrected chi connectivity index (χ4v) is 2.81. The Morgan fingerprint density at radius 1 is 1.41 bits per heavy atom. The number of hydrogen-bond acceptors (Lipinski definition) is 2. The fraction of sp³-hybridized carbons (Fsp3) is 0.571. The van der Waals surface area contributed by atoms with E-state index in [0.717, 1.165) is 31.2 Å². The van der Waals surface area contributed by atoms with Crippen molar-refractivity contribution in [2.75, 3.05) is 6.61 Å². The third-order valence-electron chi connectivity index (χ3n) is 3.66. The first-order valence-corrected chi connectivity index (χ1v) is 6.33. The molecule has 1 atom stereocenters. The van der Waals surface area contributed by atoms with Crippen LogP contribution in [0.15, 0.2) is 24.3 Å². The second kappa shape index (κ2) is 5.15. The molecule has 2 nitrogen and oxygen atoms in total. The summed E-state index contributed by atoms with van der Waals surface area (Å²) in [5, 5.41) is 0. The van der Waals surface area contributed by atoms with Crippen LogP contribution in [0.1, 0.15) is 44.2 Å². The van der Waals surface area contributed by atoms with Crippen LogP contribution in [0.4, 0.5) is 4.39 Å². The largest absolute Gasteiger partial charge is 0.373 e. The molecule has 0 amide bonds. The van der Waals surface area contributed by atoms with Crippen LogP contribution >= 0.6 is 0 Å². The van der Waals surface area contributed by atoms with Gasteiger partial charge in [0.05, 0.1) is 11.6 Å². The molecule has 1 aromatic rings. The maximum absolute atomic E-state index is 13.2. The van der Waals surface area contributed by atoms with E-state index >= 15 is 0 Å². The fourth-order valence-electron chi connectivity index (χ4n) is 2.81.